The maximum Gasteiger partial charge on any atom is 0.122 e. The molecule has 2 nitrogen and oxygen atoms in total. The smallest absolute Gasteiger partial charge is 0.122 e. The van der Waals surface area contributed by atoms with Crippen LogP contribution < -0.4 is 0 Å². The second kappa shape index (κ2) is 6.66. The first-order valence-corrected chi connectivity index (χ1v) is 7.65. The second-order valence-corrected chi connectivity index (χ2v) is 5.84. The van der Waals surface area contributed by atoms with Gasteiger partial charge >= 0.3 is 0 Å². The molecule has 1 unspecified atom stereocenters. The third-order valence-electron chi connectivity index (χ3n) is 3.99. The molecule has 0 saturated heterocycles. The van der Waals surface area contributed by atoms with E-state index in [-0.39, 0.29) is 11.8 Å². The Hall–Kier alpha value is -1.96. The normalized spacial score (nSPS) is 12.6. The zero-order valence-electron chi connectivity index (χ0n) is 13.0. The van der Waals surface area contributed by atoms with Crippen LogP contribution >= 0.6 is 0 Å². The Balaban J connectivity index is 2.54. The minimum Gasteiger partial charge on any atom is -0.508 e. The van der Waals surface area contributed by atoms with Crippen LogP contribution in [0.1, 0.15) is 62.1 Å². The van der Waals surface area contributed by atoms with E-state index in [0.717, 1.165) is 29.5 Å². The van der Waals surface area contributed by atoms with E-state index in [1.54, 1.807) is 6.07 Å². The van der Waals surface area contributed by atoms with E-state index in [9.17, 15) is 10.2 Å². The van der Waals surface area contributed by atoms with Crippen molar-refractivity contribution in [3.8, 4) is 11.5 Å². The first-order valence-electron chi connectivity index (χ1n) is 7.65. The van der Waals surface area contributed by atoms with Crippen molar-refractivity contribution < 1.29 is 10.2 Å². The second-order valence-electron chi connectivity index (χ2n) is 5.84. The monoisotopic (exact) mass is 284 g/mol. The van der Waals surface area contributed by atoms with Crippen molar-refractivity contribution in [2.24, 2.45) is 0 Å². The summed E-state index contributed by atoms with van der Waals surface area (Å²) < 4.78 is 0. The highest BCUT2D eigenvalue weighted by molar-refractivity contribution is 5.50. The maximum atomic E-state index is 10.6. The number of para-hydroxylation sites is 2. The Kier molecular flexibility index (Phi) is 4.89. The summed E-state index contributed by atoms with van der Waals surface area (Å²) in [7, 11) is 0. The summed E-state index contributed by atoms with van der Waals surface area (Å²) in [5.74, 6) is 0.964. The summed E-state index contributed by atoms with van der Waals surface area (Å²) in [4.78, 5) is 0. The average Bonchev–Trinajstić information content (AvgIpc) is 2.46. The Morgan fingerprint density at radius 1 is 0.857 bits per heavy atom. The van der Waals surface area contributed by atoms with Gasteiger partial charge in [-0.05, 0) is 24.0 Å². The van der Waals surface area contributed by atoms with Crippen molar-refractivity contribution in [2.45, 2.75) is 45.4 Å². The van der Waals surface area contributed by atoms with Crippen molar-refractivity contribution in [3.63, 3.8) is 0 Å². The highest BCUT2D eigenvalue weighted by atomic mass is 16.3. The Morgan fingerprint density at radius 2 is 1.48 bits per heavy atom. The molecule has 0 aromatic heterocycles. The van der Waals surface area contributed by atoms with E-state index in [4.69, 9.17) is 0 Å². The third kappa shape index (κ3) is 3.21. The summed E-state index contributed by atoms with van der Waals surface area (Å²) in [5, 5.41) is 20.8. The number of phenols is 2. The SMILES string of the molecule is CCCC(c1ccccc1O)c1cccc(C(C)C)c1O. The molecule has 2 heteroatoms. The molecule has 2 aromatic rings. The fraction of sp³-hybridized carbons (Fsp3) is 0.368. The van der Waals surface area contributed by atoms with E-state index in [1.165, 1.54) is 0 Å². The molecule has 1 atom stereocenters. The lowest BCUT2D eigenvalue weighted by Crippen LogP contribution is -2.03. The quantitative estimate of drug-likeness (QED) is 0.796. The van der Waals surface area contributed by atoms with Gasteiger partial charge in [-0.1, -0.05) is 63.6 Å². The fourth-order valence-electron chi connectivity index (χ4n) is 2.88. The van der Waals surface area contributed by atoms with Crippen molar-refractivity contribution in [1.29, 1.82) is 0 Å². The van der Waals surface area contributed by atoms with Crippen molar-refractivity contribution >= 4 is 0 Å². The van der Waals surface area contributed by atoms with E-state index in [2.05, 4.69) is 20.8 Å². The van der Waals surface area contributed by atoms with Gasteiger partial charge in [0.1, 0.15) is 11.5 Å². The van der Waals surface area contributed by atoms with E-state index < -0.39 is 0 Å². The van der Waals surface area contributed by atoms with Gasteiger partial charge in [-0.25, -0.2) is 0 Å². The molecular weight excluding hydrogens is 260 g/mol. The standard InChI is InChI=1S/C19H24O2/c1-4-8-15(16-9-5-6-12-18(16)20)17-11-7-10-14(13(2)3)19(17)21/h5-7,9-13,15,20-21H,4,8H2,1-3H3. The number of hydrogen-bond acceptors (Lipinski definition) is 2. The Labute approximate surface area is 127 Å². The molecule has 0 aliphatic heterocycles. The van der Waals surface area contributed by atoms with Crippen LogP contribution in [0.5, 0.6) is 11.5 Å². The first-order chi connectivity index (χ1) is 10.1. The van der Waals surface area contributed by atoms with Gasteiger partial charge in [0.05, 0.1) is 0 Å². The summed E-state index contributed by atoms with van der Waals surface area (Å²) >= 11 is 0. The van der Waals surface area contributed by atoms with Gasteiger partial charge < -0.3 is 10.2 Å². The lowest BCUT2D eigenvalue weighted by molar-refractivity contribution is 0.444. The number of hydrogen-bond donors (Lipinski definition) is 2. The van der Waals surface area contributed by atoms with Crippen LogP contribution in [0.25, 0.3) is 0 Å². The van der Waals surface area contributed by atoms with Crippen LogP contribution in [0.3, 0.4) is 0 Å². The molecule has 0 aliphatic carbocycles. The molecule has 2 rings (SSSR count). The van der Waals surface area contributed by atoms with Crippen LogP contribution in [0, 0.1) is 0 Å². The first kappa shape index (κ1) is 15.4. The number of benzene rings is 2. The maximum absolute atomic E-state index is 10.6. The molecule has 0 heterocycles. The molecule has 2 aromatic carbocycles. The van der Waals surface area contributed by atoms with E-state index in [0.29, 0.717) is 11.5 Å². The molecule has 0 spiro atoms. The minimum atomic E-state index is 0.0231. The lowest BCUT2D eigenvalue weighted by Gasteiger charge is -2.21. The molecule has 0 saturated carbocycles. The van der Waals surface area contributed by atoms with E-state index >= 15 is 0 Å². The van der Waals surface area contributed by atoms with Crippen LogP contribution in [0.15, 0.2) is 42.5 Å². The van der Waals surface area contributed by atoms with Crippen LogP contribution in [-0.4, -0.2) is 10.2 Å². The topological polar surface area (TPSA) is 40.5 Å². The van der Waals surface area contributed by atoms with Crippen LogP contribution in [0.2, 0.25) is 0 Å². The zero-order chi connectivity index (χ0) is 15.4. The average molecular weight is 284 g/mol. The van der Waals surface area contributed by atoms with Gasteiger partial charge in [0.15, 0.2) is 0 Å². The molecular formula is C19H24O2. The molecule has 0 radical (unpaired) electrons. The largest absolute Gasteiger partial charge is 0.508 e. The van der Waals surface area contributed by atoms with E-state index in [1.807, 2.05) is 36.4 Å². The molecule has 0 amide bonds. The number of aromatic hydroxyl groups is 2. The van der Waals surface area contributed by atoms with Crippen molar-refractivity contribution in [2.75, 3.05) is 0 Å². The summed E-state index contributed by atoms with van der Waals surface area (Å²) in [6.45, 7) is 6.28. The lowest BCUT2D eigenvalue weighted by atomic mass is 9.84. The Bertz CT molecular complexity index is 602. The Morgan fingerprint density at radius 3 is 2.10 bits per heavy atom. The summed E-state index contributed by atoms with van der Waals surface area (Å²) in [5.41, 5.74) is 2.75. The minimum absolute atomic E-state index is 0.0231. The molecule has 2 N–H and O–H groups in total. The number of rotatable bonds is 5. The van der Waals surface area contributed by atoms with Crippen LogP contribution in [0.4, 0.5) is 0 Å². The fourth-order valence-corrected chi connectivity index (χ4v) is 2.88. The molecule has 0 aliphatic rings. The summed E-state index contributed by atoms with van der Waals surface area (Å²) in [6.07, 6.45) is 1.89. The highest BCUT2D eigenvalue weighted by Crippen LogP contribution is 2.41. The van der Waals surface area contributed by atoms with Crippen LogP contribution in [-0.2, 0) is 0 Å². The molecule has 21 heavy (non-hydrogen) atoms. The predicted molar refractivity (Wildman–Crippen MR) is 87.1 cm³/mol. The van der Waals surface area contributed by atoms with Gasteiger partial charge in [-0.15, -0.1) is 0 Å². The van der Waals surface area contributed by atoms with Crippen molar-refractivity contribution in [3.05, 3.63) is 59.2 Å². The summed E-state index contributed by atoms with van der Waals surface area (Å²) in [6, 6.07) is 13.3. The number of phenolic OH excluding ortho intramolecular Hbond substituents is 2. The van der Waals surface area contributed by atoms with Crippen molar-refractivity contribution in [1.82, 2.24) is 0 Å². The van der Waals surface area contributed by atoms with Gasteiger partial charge in [-0.3, -0.25) is 0 Å². The third-order valence-corrected chi connectivity index (χ3v) is 3.99. The highest BCUT2D eigenvalue weighted by Gasteiger charge is 2.21. The predicted octanol–water partition coefficient (Wildman–Crippen LogP) is 5.15. The van der Waals surface area contributed by atoms with Gasteiger partial charge in [0, 0.05) is 17.0 Å². The molecule has 112 valence electrons. The van der Waals surface area contributed by atoms with Gasteiger partial charge in [0.2, 0.25) is 0 Å². The van der Waals surface area contributed by atoms with Gasteiger partial charge in [-0.2, -0.15) is 0 Å². The molecule has 0 bridgehead atoms. The molecule has 0 fully saturated rings. The zero-order valence-corrected chi connectivity index (χ0v) is 13.0. The van der Waals surface area contributed by atoms with Gasteiger partial charge in [0.25, 0.3) is 0 Å².